The highest BCUT2D eigenvalue weighted by Gasteiger charge is 2.36. The normalized spacial score (nSPS) is 13.6. The van der Waals surface area contributed by atoms with E-state index < -0.39 is 0 Å². The fourth-order valence-electron chi connectivity index (χ4n) is 7.33. The van der Waals surface area contributed by atoms with Gasteiger partial charge in [0.05, 0.1) is 0 Å². The molecule has 0 bridgehead atoms. The predicted octanol–water partition coefficient (Wildman–Crippen LogP) is 12.1. The Kier molecular flexibility index (Phi) is 6.25. The SMILES string of the molecule is C1=C2C(c3ccccc3)=C(c3ccccc3)C(c3ccccc3)=C2c2cc3cc(-c4ccccc4)c(-c4ccccc4)cc3cc21. The first-order valence-corrected chi connectivity index (χ1v) is 15.9. The van der Waals surface area contributed by atoms with Crippen LogP contribution in [0.5, 0.6) is 0 Å². The number of benzene rings is 7. The maximum Gasteiger partial charge on any atom is -0.00134 e. The molecule has 0 unspecified atom stereocenters. The van der Waals surface area contributed by atoms with Crippen LogP contribution in [0.4, 0.5) is 0 Å². The van der Waals surface area contributed by atoms with Gasteiger partial charge in [0.2, 0.25) is 0 Å². The van der Waals surface area contributed by atoms with Crippen molar-refractivity contribution in [2.24, 2.45) is 0 Å². The lowest BCUT2D eigenvalue weighted by Gasteiger charge is -2.16. The molecule has 7 aromatic carbocycles. The van der Waals surface area contributed by atoms with Gasteiger partial charge >= 0.3 is 0 Å². The highest BCUT2D eigenvalue weighted by atomic mass is 14.4. The number of hydrogen-bond donors (Lipinski definition) is 0. The Morgan fingerprint density at radius 3 is 1.07 bits per heavy atom. The Balaban J connectivity index is 1.34. The van der Waals surface area contributed by atoms with E-state index in [9.17, 15) is 0 Å². The van der Waals surface area contributed by atoms with Crippen LogP contribution in [0.3, 0.4) is 0 Å². The average molecular weight is 583 g/mol. The summed E-state index contributed by atoms with van der Waals surface area (Å²) in [6.07, 6.45) is 2.43. The standard InChI is InChI=1S/C46H30/c1-6-16-31(17-7-1)39-27-36-26-38-30-42-43(33-20-10-3-11-21-33)44(34-22-12-4-13-23-34)45(35-24-14-5-15-25-35)46(42)41(38)29-37(36)28-40(39)32-18-8-2-9-19-32/h1-30H. The second-order valence-electron chi connectivity index (χ2n) is 12.1. The summed E-state index contributed by atoms with van der Waals surface area (Å²) in [7, 11) is 0. The molecule has 0 aliphatic heterocycles. The van der Waals surface area contributed by atoms with E-state index in [1.165, 1.54) is 88.7 Å². The molecule has 0 nitrogen and oxygen atoms in total. The van der Waals surface area contributed by atoms with E-state index in [0.29, 0.717) is 0 Å². The quantitative estimate of drug-likeness (QED) is 0.189. The summed E-state index contributed by atoms with van der Waals surface area (Å²) < 4.78 is 0. The van der Waals surface area contributed by atoms with E-state index in [0.717, 1.165) is 0 Å². The Morgan fingerprint density at radius 2 is 0.609 bits per heavy atom. The highest BCUT2D eigenvalue weighted by molar-refractivity contribution is 6.37. The van der Waals surface area contributed by atoms with Crippen molar-refractivity contribution in [2.45, 2.75) is 0 Å². The molecule has 0 radical (unpaired) electrons. The zero-order chi connectivity index (χ0) is 30.5. The smallest absolute Gasteiger partial charge is 0.00134 e. The third kappa shape index (κ3) is 4.30. The number of rotatable bonds is 5. The molecule has 0 saturated heterocycles. The van der Waals surface area contributed by atoms with Crippen LogP contribution in [0.2, 0.25) is 0 Å². The molecule has 2 aliphatic carbocycles. The van der Waals surface area contributed by atoms with Crippen molar-refractivity contribution in [1.29, 1.82) is 0 Å². The Labute approximate surface area is 270 Å². The van der Waals surface area contributed by atoms with Crippen molar-refractivity contribution in [3.05, 3.63) is 209 Å². The lowest BCUT2D eigenvalue weighted by Crippen LogP contribution is -1.93. The topological polar surface area (TPSA) is 0 Å². The molecule has 46 heavy (non-hydrogen) atoms. The highest BCUT2D eigenvalue weighted by Crippen LogP contribution is 2.58. The fourth-order valence-corrected chi connectivity index (χ4v) is 7.33. The Morgan fingerprint density at radius 1 is 0.261 bits per heavy atom. The van der Waals surface area contributed by atoms with Gasteiger partial charge in [-0.2, -0.15) is 0 Å². The van der Waals surface area contributed by atoms with Crippen molar-refractivity contribution in [2.75, 3.05) is 0 Å². The van der Waals surface area contributed by atoms with Gasteiger partial charge in [-0.3, -0.25) is 0 Å². The lowest BCUT2D eigenvalue weighted by molar-refractivity contribution is 1.58. The van der Waals surface area contributed by atoms with Crippen molar-refractivity contribution in [3.8, 4) is 22.3 Å². The van der Waals surface area contributed by atoms with Crippen molar-refractivity contribution in [3.63, 3.8) is 0 Å². The van der Waals surface area contributed by atoms with Crippen molar-refractivity contribution >= 4 is 39.1 Å². The summed E-state index contributed by atoms with van der Waals surface area (Å²) >= 11 is 0. The predicted molar refractivity (Wildman–Crippen MR) is 196 cm³/mol. The first-order valence-electron chi connectivity index (χ1n) is 15.9. The second-order valence-corrected chi connectivity index (χ2v) is 12.1. The number of fused-ring (bicyclic) bond motifs is 4. The van der Waals surface area contributed by atoms with E-state index in [-0.39, 0.29) is 0 Å². The zero-order valence-electron chi connectivity index (χ0n) is 25.3. The van der Waals surface area contributed by atoms with Crippen LogP contribution in [-0.2, 0) is 0 Å². The van der Waals surface area contributed by atoms with Gasteiger partial charge in [0.1, 0.15) is 0 Å². The molecule has 0 aromatic heterocycles. The van der Waals surface area contributed by atoms with Gasteiger partial charge in [0.15, 0.2) is 0 Å². The zero-order valence-corrected chi connectivity index (χ0v) is 25.3. The van der Waals surface area contributed by atoms with E-state index in [1.807, 2.05) is 0 Å². The van der Waals surface area contributed by atoms with Crippen LogP contribution in [-0.4, -0.2) is 0 Å². The van der Waals surface area contributed by atoms with Crippen LogP contribution < -0.4 is 0 Å². The van der Waals surface area contributed by atoms with E-state index in [1.54, 1.807) is 0 Å². The first kappa shape index (κ1) is 26.4. The summed E-state index contributed by atoms with van der Waals surface area (Å²) in [4.78, 5) is 0. The van der Waals surface area contributed by atoms with Crippen LogP contribution in [0, 0.1) is 0 Å². The third-order valence-corrected chi connectivity index (χ3v) is 9.36. The minimum Gasteiger partial charge on any atom is -0.0622 e. The third-order valence-electron chi connectivity index (χ3n) is 9.36. The molecule has 0 heteroatoms. The molecular formula is C46H30. The Bertz CT molecular complexity index is 2340. The summed E-state index contributed by atoms with van der Waals surface area (Å²) in [6.45, 7) is 0. The molecule has 0 amide bonds. The summed E-state index contributed by atoms with van der Waals surface area (Å²) in [5, 5.41) is 2.51. The van der Waals surface area contributed by atoms with Crippen molar-refractivity contribution < 1.29 is 0 Å². The van der Waals surface area contributed by atoms with Gasteiger partial charge in [-0.25, -0.2) is 0 Å². The summed E-state index contributed by atoms with van der Waals surface area (Å²) in [6, 6.07) is 63.9. The second kappa shape index (κ2) is 10.9. The van der Waals surface area contributed by atoms with Crippen LogP contribution in [0.15, 0.2) is 181 Å². The molecule has 0 atom stereocenters. The summed E-state index contributed by atoms with van der Waals surface area (Å²) in [5.74, 6) is 0. The number of allylic oxidation sites excluding steroid dienone is 5. The van der Waals surface area contributed by atoms with E-state index >= 15 is 0 Å². The minimum atomic E-state index is 1.23. The average Bonchev–Trinajstić information content (AvgIpc) is 3.66. The first-order chi connectivity index (χ1) is 22.8. The molecule has 214 valence electrons. The van der Waals surface area contributed by atoms with E-state index in [2.05, 4.69) is 182 Å². The lowest BCUT2D eigenvalue weighted by atomic mass is 9.87. The molecule has 0 fully saturated rings. The maximum absolute atomic E-state index is 2.43. The molecule has 0 N–H and O–H groups in total. The maximum atomic E-state index is 2.43. The van der Waals surface area contributed by atoms with Crippen molar-refractivity contribution in [1.82, 2.24) is 0 Å². The number of hydrogen-bond acceptors (Lipinski definition) is 0. The molecular weight excluding hydrogens is 553 g/mol. The van der Waals surface area contributed by atoms with Gasteiger partial charge in [0.25, 0.3) is 0 Å². The van der Waals surface area contributed by atoms with Gasteiger partial charge in [-0.05, 0) is 119 Å². The van der Waals surface area contributed by atoms with Gasteiger partial charge in [-0.15, -0.1) is 0 Å². The molecule has 0 heterocycles. The van der Waals surface area contributed by atoms with E-state index in [4.69, 9.17) is 0 Å². The molecule has 7 aromatic rings. The van der Waals surface area contributed by atoms with Crippen LogP contribution in [0.1, 0.15) is 27.8 Å². The molecule has 9 rings (SSSR count). The minimum absolute atomic E-state index is 1.23. The van der Waals surface area contributed by atoms with Crippen LogP contribution >= 0.6 is 0 Å². The van der Waals surface area contributed by atoms with Gasteiger partial charge in [-0.1, -0.05) is 152 Å². The molecule has 0 spiro atoms. The summed E-state index contributed by atoms with van der Waals surface area (Å²) in [5.41, 5.74) is 17.8. The fraction of sp³-hybridized carbons (Fsp3) is 0. The monoisotopic (exact) mass is 582 g/mol. The van der Waals surface area contributed by atoms with Gasteiger partial charge < -0.3 is 0 Å². The molecule has 2 aliphatic rings. The Hall–Kier alpha value is -5.98. The molecule has 0 saturated carbocycles. The van der Waals surface area contributed by atoms with Crippen LogP contribution in [0.25, 0.3) is 61.4 Å². The van der Waals surface area contributed by atoms with Gasteiger partial charge in [0, 0.05) is 0 Å². The largest absolute Gasteiger partial charge is 0.0622 e.